The molecule has 114 valence electrons. The van der Waals surface area contributed by atoms with Crippen LogP contribution in [0.3, 0.4) is 0 Å². The maximum absolute atomic E-state index is 13.8. The van der Waals surface area contributed by atoms with Gasteiger partial charge in [0.1, 0.15) is 11.9 Å². The van der Waals surface area contributed by atoms with Crippen LogP contribution < -0.4 is 11.4 Å². The maximum atomic E-state index is 13.8. The fourth-order valence-electron chi connectivity index (χ4n) is 2.00. The van der Waals surface area contributed by atoms with Crippen molar-refractivity contribution >= 4 is 11.9 Å². The first kappa shape index (κ1) is 15.3. The summed E-state index contributed by atoms with van der Waals surface area (Å²) >= 11 is 0. The van der Waals surface area contributed by atoms with Gasteiger partial charge in [0, 0.05) is 17.3 Å². The van der Waals surface area contributed by atoms with Crippen LogP contribution in [-0.2, 0) is 4.74 Å². The van der Waals surface area contributed by atoms with E-state index in [-0.39, 0.29) is 24.0 Å². The first-order valence-electron chi connectivity index (χ1n) is 5.89. The van der Waals surface area contributed by atoms with Crippen LogP contribution in [0.1, 0.15) is 11.8 Å². The van der Waals surface area contributed by atoms with Gasteiger partial charge in [-0.3, -0.25) is 4.57 Å². The van der Waals surface area contributed by atoms with E-state index in [1.165, 1.54) is 0 Å². The molecule has 2 heterocycles. The molecule has 0 radical (unpaired) electrons. The number of nitrogens with zero attached hydrogens (tertiary/aromatic N) is 2. The number of alkyl halides is 1. The van der Waals surface area contributed by atoms with Gasteiger partial charge in [0.25, 0.3) is 0 Å². The van der Waals surface area contributed by atoms with Crippen molar-refractivity contribution < 1.29 is 23.0 Å². The van der Waals surface area contributed by atoms with E-state index in [9.17, 15) is 18.0 Å². The molecule has 9 heteroatoms. The van der Waals surface area contributed by atoms with Crippen LogP contribution in [0.5, 0.6) is 0 Å². The van der Waals surface area contributed by atoms with Crippen LogP contribution >= 0.6 is 0 Å². The monoisotopic (exact) mass is 303 g/mol. The lowest BCUT2D eigenvalue weighted by atomic mass is 10.1. The first-order valence-corrected chi connectivity index (χ1v) is 5.89. The predicted octanol–water partition coefficient (Wildman–Crippen LogP) is 0.847. The van der Waals surface area contributed by atoms with Crippen molar-refractivity contribution in [1.82, 2.24) is 9.55 Å². The topological polar surface area (TPSA) is 90.4 Å². The van der Waals surface area contributed by atoms with Crippen LogP contribution in [0.25, 0.3) is 6.08 Å². The number of rotatable bonds is 3. The molecule has 3 atom stereocenters. The zero-order chi connectivity index (χ0) is 15.6. The molecule has 1 aromatic rings. The summed E-state index contributed by atoms with van der Waals surface area (Å²) in [5.41, 5.74) is 4.09. The highest BCUT2D eigenvalue weighted by Gasteiger charge is 2.41. The summed E-state index contributed by atoms with van der Waals surface area (Å²) < 4.78 is 44.8. The van der Waals surface area contributed by atoms with Gasteiger partial charge in [-0.05, 0) is 6.08 Å². The van der Waals surface area contributed by atoms with E-state index < -0.39 is 36.4 Å². The number of aliphatic hydroxyl groups excluding tert-OH is 1. The first-order chi connectivity index (χ1) is 10.0. The molecule has 1 aliphatic rings. The summed E-state index contributed by atoms with van der Waals surface area (Å²) in [5.74, 6) is -0.232. The van der Waals surface area contributed by atoms with Crippen molar-refractivity contribution in [1.29, 1.82) is 0 Å². The molecule has 0 amide bonds. The third-order valence-electron chi connectivity index (χ3n) is 3.05. The number of aliphatic hydroxyl groups is 1. The second kappa shape index (κ2) is 6.10. The van der Waals surface area contributed by atoms with Gasteiger partial charge in [-0.1, -0.05) is 0 Å². The molecule has 6 nitrogen and oxygen atoms in total. The van der Waals surface area contributed by atoms with Gasteiger partial charge in [-0.25, -0.2) is 18.0 Å². The maximum Gasteiger partial charge on any atom is 0.351 e. The Bertz CT molecular complexity index is 644. The minimum absolute atomic E-state index is 0.0293. The number of halogens is 3. The van der Waals surface area contributed by atoms with E-state index in [2.05, 4.69) is 4.98 Å². The molecule has 1 fully saturated rings. The summed E-state index contributed by atoms with van der Waals surface area (Å²) in [5, 5.41) is 8.97. The second-order valence-electron chi connectivity index (χ2n) is 4.28. The number of anilines is 1. The number of hydrogen-bond acceptors (Lipinski definition) is 5. The SMILES string of the molecule is Nc1nc(=O)n(C2OC(CO)C(F)/C2=C\F)cc1/C=C\F. The molecule has 3 unspecified atom stereocenters. The number of nitrogens with two attached hydrogens (primary N) is 1. The molecule has 21 heavy (non-hydrogen) atoms. The molecule has 2 rings (SSSR count). The molecule has 0 bridgehead atoms. The molecule has 1 aromatic heterocycles. The molecule has 0 aromatic carbocycles. The third kappa shape index (κ3) is 2.69. The predicted molar refractivity (Wildman–Crippen MR) is 68.1 cm³/mol. The van der Waals surface area contributed by atoms with Gasteiger partial charge in [-0.2, -0.15) is 4.98 Å². The van der Waals surface area contributed by atoms with Gasteiger partial charge in [0.15, 0.2) is 12.4 Å². The molecule has 1 aliphatic heterocycles. The highest BCUT2D eigenvalue weighted by atomic mass is 19.1. The standard InChI is InChI=1S/C12H12F3N3O3/c13-2-1-6-4-18(12(20)17-10(6)16)11-7(3-14)9(15)8(5-19)21-11/h1-4,8-9,11,19H,5H2,(H2,16,17,20)/b2-1-,7-3+. The van der Waals surface area contributed by atoms with E-state index >= 15 is 0 Å². The van der Waals surface area contributed by atoms with E-state index in [1.807, 2.05) is 0 Å². The van der Waals surface area contributed by atoms with Crippen LogP contribution in [0.4, 0.5) is 19.0 Å². The third-order valence-corrected chi connectivity index (χ3v) is 3.05. The summed E-state index contributed by atoms with van der Waals surface area (Å²) in [6, 6.07) is 0. The Morgan fingerprint density at radius 3 is 2.81 bits per heavy atom. The van der Waals surface area contributed by atoms with E-state index in [0.717, 1.165) is 16.8 Å². The van der Waals surface area contributed by atoms with Crippen molar-refractivity contribution in [2.45, 2.75) is 18.5 Å². The normalized spacial score (nSPS) is 27.8. The summed E-state index contributed by atoms with van der Waals surface area (Å²) in [7, 11) is 0. The highest BCUT2D eigenvalue weighted by Crippen LogP contribution is 2.35. The van der Waals surface area contributed by atoms with Crippen LogP contribution in [-0.4, -0.2) is 33.5 Å². The number of hydrogen-bond donors (Lipinski definition) is 2. The van der Waals surface area contributed by atoms with Gasteiger partial charge < -0.3 is 15.6 Å². The van der Waals surface area contributed by atoms with E-state index in [1.54, 1.807) is 0 Å². The van der Waals surface area contributed by atoms with Gasteiger partial charge >= 0.3 is 5.69 Å². The van der Waals surface area contributed by atoms with E-state index in [4.69, 9.17) is 15.6 Å². The number of ether oxygens (including phenoxy) is 1. The van der Waals surface area contributed by atoms with Crippen molar-refractivity contribution in [3.63, 3.8) is 0 Å². The summed E-state index contributed by atoms with van der Waals surface area (Å²) in [6.45, 7) is -0.691. The Labute approximate surface area is 117 Å². The molecule has 0 spiro atoms. The molecule has 1 saturated heterocycles. The lowest BCUT2D eigenvalue weighted by Gasteiger charge is -2.15. The fourth-order valence-corrected chi connectivity index (χ4v) is 2.00. The van der Waals surface area contributed by atoms with Crippen molar-refractivity contribution in [2.24, 2.45) is 0 Å². The largest absolute Gasteiger partial charge is 0.394 e. The number of aromatic nitrogens is 2. The second-order valence-corrected chi connectivity index (χ2v) is 4.28. The average Bonchev–Trinajstić information content (AvgIpc) is 2.78. The van der Waals surface area contributed by atoms with Crippen molar-refractivity contribution in [3.8, 4) is 0 Å². The lowest BCUT2D eigenvalue weighted by molar-refractivity contribution is -0.0322. The lowest BCUT2D eigenvalue weighted by Crippen LogP contribution is -2.29. The zero-order valence-electron chi connectivity index (χ0n) is 10.6. The van der Waals surface area contributed by atoms with Crippen molar-refractivity contribution in [3.05, 3.63) is 40.5 Å². The summed E-state index contributed by atoms with van der Waals surface area (Å²) in [6.07, 6.45) is -2.48. The van der Waals surface area contributed by atoms with Crippen molar-refractivity contribution in [2.75, 3.05) is 12.3 Å². The fraction of sp³-hybridized carbons (Fsp3) is 0.333. The van der Waals surface area contributed by atoms with Crippen LogP contribution in [0.15, 0.2) is 29.2 Å². The smallest absolute Gasteiger partial charge is 0.351 e. The number of nitrogen functional groups attached to an aromatic ring is 1. The van der Waals surface area contributed by atoms with Crippen LogP contribution in [0, 0.1) is 0 Å². The van der Waals surface area contributed by atoms with Gasteiger partial charge in [0.2, 0.25) is 0 Å². The molecular formula is C12H12F3N3O3. The average molecular weight is 303 g/mol. The highest BCUT2D eigenvalue weighted by molar-refractivity contribution is 5.58. The van der Waals surface area contributed by atoms with Gasteiger partial charge in [-0.15, -0.1) is 0 Å². The Kier molecular flexibility index (Phi) is 4.43. The molecule has 0 saturated carbocycles. The van der Waals surface area contributed by atoms with Gasteiger partial charge in [0.05, 0.1) is 19.3 Å². The Morgan fingerprint density at radius 2 is 2.24 bits per heavy atom. The van der Waals surface area contributed by atoms with E-state index in [0.29, 0.717) is 0 Å². The molecule has 3 N–H and O–H groups in total. The Balaban J connectivity index is 2.51. The quantitative estimate of drug-likeness (QED) is 0.864. The Morgan fingerprint density at radius 1 is 1.52 bits per heavy atom. The summed E-state index contributed by atoms with van der Waals surface area (Å²) in [4.78, 5) is 15.2. The van der Waals surface area contributed by atoms with Crippen LogP contribution in [0.2, 0.25) is 0 Å². The minimum Gasteiger partial charge on any atom is -0.394 e. The zero-order valence-corrected chi connectivity index (χ0v) is 10.6. The minimum atomic E-state index is -1.91. The molecule has 0 aliphatic carbocycles. The molecular weight excluding hydrogens is 291 g/mol. The Hall–Kier alpha value is -2.13.